The minimum absolute atomic E-state index is 0.329. The van der Waals surface area contributed by atoms with E-state index in [4.69, 9.17) is 4.74 Å². The second-order valence-corrected chi connectivity index (χ2v) is 4.10. The molecule has 0 spiro atoms. The van der Waals surface area contributed by atoms with Gasteiger partial charge in [0.2, 0.25) is 0 Å². The first-order valence-corrected chi connectivity index (χ1v) is 5.50. The number of hydrogen-bond donors (Lipinski definition) is 1. The Labute approximate surface area is 106 Å². The third-order valence-corrected chi connectivity index (χ3v) is 2.60. The molecule has 5 nitrogen and oxygen atoms in total. The van der Waals surface area contributed by atoms with E-state index in [0.717, 1.165) is 5.56 Å². The van der Waals surface area contributed by atoms with Gasteiger partial charge in [0, 0.05) is 6.42 Å². The molecule has 1 N–H and O–H groups in total. The fourth-order valence-corrected chi connectivity index (χ4v) is 1.67. The topological polar surface area (TPSA) is 64.6 Å². The summed E-state index contributed by atoms with van der Waals surface area (Å²) in [6, 6.07) is 9.36. The van der Waals surface area contributed by atoms with Crippen LogP contribution in [0.2, 0.25) is 0 Å². The van der Waals surface area contributed by atoms with Crippen molar-refractivity contribution in [1.82, 2.24) is 5.32 Å². The average molecular weight is 251 g/mol. The zero-order valence-corrected chi connectivity index (χ0v) is 10.7. The van der Waals surface area contributed by atoms with Crippen molar-refractivity contribution in [2.24, 2.45) is 0 Å². The normalized spacial score (nSPS) is 13.3. The molecule has 0 aliphatic heterocycles. The Hall–Kier alpha value is -2.04. The molecule has 0 radical (unpaired) electrons. The molecule has 0 bridgehead atoms. The maximum absolute atomic E-state index is 11.8. The number of rotatable bonds is 4. The molecule has 98 valence electrons. The van der Waals surface area contributed by atoms with E-state index < -0.39 is 17.6 Å². The molecule has 1 amide bonds. The predicted molar refractivity (Wildman–Crippen MR) is 66.1 cm³/mol. The summed E-state index contributed by atoms with van der Waals surface area (Å²) in [6.07, 6.45) is -0.339. The van der Waals surface area contributed by atoms with Crippen LogP contribution in [0.4, 0.5) is 4.79 Å². The van der Waals surface area contributed by atoms with Crippen LogP contribution in [0.1, 0.15) is 12.5 Å². The van der Waals surface area contributed by atoms with Gasteiger partial charge in [-0.2, -0.15) is 0 Å². The van der Waals surface area contributed by atoms with E-state index >= 15 is 0 Å². The highest BCUT2D eigenvalue weighted by Crippen LogP contribution is 2.15. The second kappa shape index (κ2) is 6.05. The van der Waals surface area contributed by atoms with E-state index in [-0.39, 0.29) is 0 Å². The van der Waals surface area contributed by atoms with Gasteiger partial charge in [-0.1, -0.05) is 30.3 Å². The van der Waals surface area contributed by atoms with Crippen LogP contribution in [0.15, 0.2) is 30.3 Å². The van der Waals surface area contributed by atoms with Gasteiger partial charge in [0.05, 0.1) is 14.2 Å². The van der Waals surface area contributed by atoms with Crippen molar-refractivity contribution in [2.45, 2.75) is 18.9 Å². The van der Waals surface area contributed by atoms with Gasteiger partial charge in [0.15, 0.2) is 0 Å². The van der Waals surface area contributed by atoms with Gasteiger partial charge in [-0.3, -0.25) is 0 Å². The van der Waals surface area contributed by atoms with Gasteiger partial charge in [-0.25, -0.2) is 9.59 Å². The molecule has 1 aromatic carbocycles. The first-order valence-electron chi connectivity index (χ1n) is 5.50. The number of carbonyl (C=O) groups excluding carboxylic acids is 2. The summed E-state index contributed by atoms with van der Waals surface area (Å²) < 4.78 is 9.24. The SMILES string of the molecule is COC(=O)NC(C)(Cc1ccccc1)C(=O)OC. The third-order valence-electron chi connectivity index (χ3n) is 2.60. The molecule has 1 rings (SSSR count). The van der Waals surface area contributed by atoms with E-state index in [1.807, 2.05) is 30.3 Å². The van der Waals surface area contributed by atoms with Crippen molar-refractivity contribution in [3.63, 3.8) is 0 Å². The van der Waals surface area contributed by atoms with Crippen molar-refractivity contribution in [1.29, 1.82) is 0 Å². The molecule has 1 unspecified atom stereocenters. The van der Waals surface area contributed by atoms with Crippen LogP contribution in [0.5, 0.6) is 0 Å². The minimum atomic E-state index is -1.15. The molecule has 0 saturated carbocycles. The van der Waals surface area contributed by atoms with Gasteiger partial charge in [0.1, 0.15) is 5.54 Å². The van der Waals surface area contributed by atoms with Gasteiger partial charge >= 0.3 is 12.1 Å². The van der Waals surface area contributed by atoms with E-state index in [2.05, 4.69) is 10.1 Å². The lowest BCUT2D eigenvalue weighted by atomic mass is 9.93. The fourth-order valence-electron chi connectivity index (χ4n) is 1.67. The van der Waals surface area contributed by atoms with Gasteiger partial charge < -0.3 is 14.8 Å². The summed E-state index contributed by atoms with van der Waals surface area (Å²) in [4.78, 5) is 23.1. The molecule has 1 aromatic rings. The smallest absolute Gasteiger partial charge is 0.407 e. The Kier molecular flexibility index (Phi) is 4.71. The number of esters is 1. The number of hydrogen-bond acceptors (Lipinski definition) is 4. The van der Waals surface area contributed by atoms with Crippen LogP contribution >= 0.6 is 0 Å². The molecule has 0 aromatic heterocycles. The number of benzene rings is 1. The van der Waals surface area contributed by atoms with Crippen LogP contribution < -0.4 is 5.32 Å². The van der Waals surface area contributed by atoms with Crippen LogP contribution in [-0.4, -0.2) is 31.8 Å². The molecule has 0 fully saturated rings. The van der Waals surface area contributed by atoms with Crippen molar-refractivity contribution in [2.75, 3.05) is 14.2 Å². The Morgan fingerprint density at radius 1 is 1.17 bits per heavy atom. The van der Waals surface area contributed by atoms with Crippen LogP contribution in [0.25, 0.3) is 0 Å². The van der Waals surface area contributed by atoms with Crippen molar-refractivity contribution < 1.29 is 19.1 Å². The third kappa shape index (κ3) is 3.48. The number of methoxy groups -OCH3 is 2. The Balaban J connectivity index is 2.91. The standard InChI is InChI=1S/C13H17NO4/c1-13(11(15)17-2,14-12(16)18-3)9-10-7-5-4-6-8-10/h4-8H,9H2,1-3H3,(H,14,16). The molecule has 18 heavy (non-hydrogen) atoms. The summed E-state index contributed by atoms with van der Waals surface area (Å²) in [7, 11) is 2.53. The van der Waals surface area contributed by atoms with Gasteiger partial charge in [-0.05, 0) is 12.5 Å². The molecule has 1 atom stereocenters. The van der Waals surface area contributed by atoms with Crippen LogP contribution in [-0.2, 0) is 20.7 Å². The lowest BCUT2D eigenvalue weighted by molar-refractivity contribution is -0.147. The summed E-state index contributed by atoms with van der Waals surface area (Å²) in [5, 5.41) is 2.51. The van der Waals surface area contributed by atoms with E-state index in [1.54, 1.807) is 6.92 Å². The zero-order chi connectivity index (χ0) is 13.6. The van der Waals surface area contributed by atoms with Gasteiger partial charge in [-0.15, -0.1) is 0 Å². The van der Waals surface area contributed by atoms with E-state index in [1.165, 1.54) is 14.2 Å². The lowest BCUT2D eigenvalue weighted by Crippen LogP contribution is -2.54. The lowest BCUT2D eigenvalue weighted by Gasteiger charge is -2.27. The van der Waals surface area contributed by atoms with E-state index in [9.17, 15) is 9.59 Å². The number of alkyl carbamates (subject to hydrolysis) is 1. The first-order chi connectivity index (χ1) is 8.51. The highest BCUT2D eigenvalue weighted by molar-refractivity contribution is 5.85. The number of ether oxygens (including phenoxy) is 2. The van der Waals surface area contributed by atoms with E-state index in [0.29, 0.717) is 6.42 Å². The number of amides is 1. The zero-order valence-electron chi connectivity index (χ0n) is 10.7. The van der Waals surface area contributed by atoms with Crippen molar-refractivity contribution in [3.05, 3.63) is 35.9 Å². The maximum atomic E-state index is 11.8. The summed E-state index contributed by atoms with van der Waals surface area (Å²) in [6.45, 7) is 1.60. The Bertz CT molecular complexity index is 418. The minimum Gasteiger partial charge on any atom is -0.467 e. The Morgan fingerprint density at radius 3 is 2.28 bits per heavy atom. The van der Waals surface area contributed by atoms with Gasteiger partial charge in [0.25, 0.3) is 0 Å². The summed E-state index contributed by atoms with van der Waals surface area (Å²) in [5.74, 6) is -0.517. The molecule has 0 aliphatic carbocycles. The van der Waals surface area contributed by atoms with Crippen LogP contribution in [0, 0.1) is 0 Å². The highest BCUT2D eigenvalue weighted by atomic mass is 16.5. The maximum Gasteiger partial charge on any atom is 0.407 e. The molecule has 0 saturated heterocycles. The quantitative estimate of drug-likeness (QED) is 0.824. The Morgan fingerprint density at radius 2 is 1.78 bits per heavy atom. The van der Waals surface area contributed by atoms with Crippen LogP contribution in [0.3, 0.4) is 0 Å². The fraction of sp³-hybridized carbons (Fsp3) is 0.385. The average Bonchev–Trinajstić information content (AvgIpc) is 2.38. The number of nitrogens with one attached hydrogen (secondary N) is 1. The summed E-state index contributed by atoms with van der Waals surface area (Å²) in [5.41, 5.74) is -0.231. The monoisotopic (exact) mass is 251 g/mol. The largest absolute Gasteiger partial charge is 0.467 e. The van der Waals surface area contributed by atoms with Crippen molar-refractivity contribution >= 4 is 12.1 Å². The summed E-state index contributed by atoms with van der Waals surface area (Å²) >= 11 is 0. The molecular weight excluding hydrogens is 234 g/mol. The first kappa shape index (κ1) is 14.0. The second-order valence-electron chi connectivity index (χ2n) is 4.10. The molecular formula is C13H17NO4. The predicted octanol–water partition coefficient (Wildman–Crippen LogP) is 1.52. The molecule has 0 heterocycles. The molecule has 5 heteroatoms. The van der Waals surface area contributed by atoms with Crippen molar-refractivity contribution in [3.8, 4) is 0 Å². The number of carbonyl (C=O) groups is 2. The molecule has 0 aliphatic rings. The highest BCUT2D eigenvalue weighted by Gasteiger charge is 2.36.